The second kappa shape index (κ2) is 18.2. The van der Waals surface area contributed by atoms with Crippen molar-refractivity contribution in [1.82, 2.24) is 0 Å². The molecule has 0 radical (unpaired) electrons. The second-order valence-corrected chi connectivity index (χ2v) is 19.7. The highest BCUT2D eigenvalue weighted by Crippen LogP contribution is 2.53. The molecule has 0 aliphatic heterocycles. The van der Waals surface area contributed by atoms with Crippen molar-refractivity contribution >= 4 is 55.7 Å². The number of nitrogens with zero attached hydrogens (tertiary/aromatic N) is 2. The van der Waals surface area contributed by atoms with Gasteiger partial charge in [0.15, 0.2) is 0 Å². The number of hydrogen-bond donors (Lipinski definition) is 0. The van der Waals surface area contributed by atoms with E-state index in [4.69, 9.17) is 0 Å². The second-order valence-electron chi connectivity index (χ2n) is 19.7. The van der Waals surface area contributed by atoms with E-state index in [-0.39, 0.29) is 5.41 Å². The van der Waals surface area contributed by atoms with E-state index in [1.807, 2.05) is 0 Å². The molecule has 13 rings (SSSR count). The number of benzene rings is 12. The zero-order valence-corrected chi connectivity index (χ0v) is 41.0. The van der Waals surface area contributed by atoms with Gasteiger partial charge < -0.3 is 9.80 Å². The van der Waals surface area contributed by atoms with Gasteiger partial charge in [-0.25, -0.2) is 0 Å². The highest BCUT2D eigenvalue weighted by molar-refractivity contribution is 6.14. The molecule has 1 aliphatic rings. The summed E-state index contributed by atoms with van der Waals surface area (Å²) in [5, 5.41) is 4.92. The summed E-state index contributed by atoms with van der Waals surface area (Å²) in [7, 11) is 0. The molecule has 0 amide bonds. The Bertz CT molecular complexity index is 3850. The number of fused-ring (bicyclic) bond motifs is 6. The topological polar surface area (TPSA) is 6.48 Å². The predicted molar refractivity (Wildman–Crippen MR) is 310 cm³/mol. The van der Waals surface area contributed by atoms with Gasteiger partial charge in [-0.2, -0.15) is 0 Å². The fourth-order valence-corrected chi connectivity index (χ4v) is 11.2. The van der Waals surface area contributed by atoms with Gasteiger partial charge in [0, 0.05) is 39.2 Å². The summed E-state index contributed by atoms with van der Waals surface area (Å²) in [6.07, 6.45) is 0. The van der Waals surface area contributed by atoms with E-state index in [0.717, 1.165) is 34.1 Å². The maximum atomic E-state index is 2.47. The van der Waals surface area contributed by atoms with Crippen LogP contribution in [0.1, 0.15) is 25.0 Å². The minimum atomic E-state index is -0.302. The quantitative estimate of drug-likeness (QED) is 0.126. The molecular weight excluding hydrogens is 881 g/mol. The molecule has 2 nitrogen and oxygen atoms in total. The molecule has 12 aromatic rings. The van der Waals surface area contributed by atoms with Gasteiger partial charge in [-0.3, -0.25) is 0 Å². The van der Waals surface area contributed by atoms with Crippen LogP contribution in [0.4, 0.5) is 34.1 Å². The van der Waals surface area contributed by atoms with Crippen molar-refractivity contribution in [3.8, 4) is 55.6 Å². The maximum absolute atomic E-state index is 2.47. The molecule has 12 aromatic carbocycles. The van der Waals surface area contributed by atoms with Gasteiger partial charge in [0.2, 0.25) is 0 Å². The summed E-state index contributed by atoms with van der Waals surface area (Å²) in [6.45, 7) is 4.79. The van der Waals surface area contributed by atoms with E-state index in [1.54, 1.807) is 0 Å². The van der Waals surface area contributed by atoms with Crippen molar-refractivity contribution in [2.75, 3.05) is 9.80 Å². The summed E-state index contributed by atoms with van der Waals surface area (Å²) in [4.78, 5) is 4.88. The van der Waals surface area contributed by atoms with Crippen molar-refractivity contribution in [2.24, 2.45) is 0 Å². The molecule has 0 aromatic heterocycles. The van der Waals surface area contributed by atoms with E-state index in [2.05, 4.69) is 303 Å². The SMILES string of the molecule is CC1(C)c2cc(N(c3ccc(-c4ccccc4)cc3)c3ccc(-c4ccccc4)cc3)ccc2-c2ccc(N(c3ccc(-c4ccc(-c5ccccc5)cc4)cc3)c3cc4ccccc4c4ccccc34)cc21. The van der Waals surface area contributed by atoms with E-state index in [1.165, 1.54) is 88.3 Å². The van der Waals surface area contributed by atoms with E-state index in [9.17, 15) is 0 Å². The fraction of sp³-hybridized carbons (Fsp3) is 0.0423. The average Bonchev–Trinajstić information content (AvgIpc) is 3.69. The lowest BCUT2D eigenvalue weighted by Gasteiger charge is -2.30. The summed E-state index contributed by atoms with van der Waals surface area (Å²) in [5.41, 5.74) is 21.2. The highest BCUT2D eigenvalue weighted by Gasteiger charge is 2.37. The van der Waals surface area contributed by atoms with Crippen molar-refractivity contribution in [2.45, 2.75) is 19.3 Å². The minimum Gasteiger partial charge on any atom is -0.310 e. The first-order chi connectivity index (χ1) is 35.9. The van der Waals surface area contributed by atoms with Crippen LogP contribution in [0.15, 0.2) is 279 Å². The van der Waals surface area contributed by atoms with Gasteiger partial charge in [-0.05, 0) is 150 Å². The lowest BCUT2D eigenvalue weighted by Crippen LogP contribution is -2.17. The van der Waals surface area contributed by atoms with E-state index >= 15 is 0 Å². The maximum Gasteiger partial charge on any atom is 0.0546 e. The molecule has 1 aliphatic carbocycles. The number of anilines is 6. The Morgan fingerprint density at radius 1 is 0.247 bits per heavy atom. The van der Waals surface area contributed by atoms with Crippen LogP contribution in [0.2, 0.25) is 0 Å². The Labute approximate surface area is 428 Å². The molecule has 0 atom stereocenters. The zero-order valence-electron chi connectivity index (χ0n) is 41.0. The summed E-state index contributed by atoms with van der Waals surface area (Å²) in [5.74, 6) is 0. The van der Waals surface area contributed by atoms with Crippen LogP contribution in [0.25, 0.3) is 77.2 Å². The van der Waals surface area contributed by atoms with Crippen molar-refractivity contribution in [3.05, 3.63) is 290 Å². The van der Waals surface area contributed by atoms with Gasteiger partial charge in [0.25, 0.3) is 0 Å². The van der Waals surface area contributed by atoms with Crippen LogP contribution in [-0.4, -0.2) is 0 Å². The Morgan fingerprint density at radius 2 is 0.562 bits per heavy atom. The number of rotatable bonds is 10. The smallest absolute Gasteiger partial charge is 0.0546 e. The zero-order chi connectivity index (χ0) is 48.9. The molecule has 0 spiro atoms. The first kappa shape index (κ1) is 43.8. The van der Waals surface area contributed by atoms with Gasteiger partial charge in [0.1, 0.15) is 0 Å². The Balaban J connectivity index is 0.905. The summed E-state index contributed by atoms with van der Waals surface area (Å²) < 4.78 is 0. The molecule has 0 saturated carbocycles. The molecular formula is C71H52N2. The van der Waals surface area contributed by atoms with Crippen molar-refractivity contribution in [1.29, 1.82) is 0 Å². The molecule has 0 fully saturated rings. The van der Waals surface area contributed by atoms with Gasteiger partial charge in [-0.1, -0.05) is 226 Å². The molecule has 0 N–H and O–H groups in total. The third kappa shape index (κ3) is 7.95. The Morgan fingerprint density at radius 3 is 1.00 bits per heavy atom. The van der Waals surface area contributed by atoms with Gasteiger partial charge in [-0.15, -0.1) is 0 Å². The first-order valence-corrected chi connectivity index (χ1v) is 25.3. The van der Waals surface area contributed by atoms with Crippen LogP contribution in [0, 0.1) is 0 Å². The van der Waals surface area contributed by atoms with Crippen LogP contribution in [0.5, 0.6) is 0 Å². The van der Waals surface area contributed by atoms with Crippen molar-refractivity contribution < 1.29 is 0 Å². The van der Waals surface area contributed by atoms with Gasteiger partial charge >= 0.3 is 0 Å². The van der Waals surface area contributed by atoms with Crippen LogP contribution >= 0.6 is 0 Å². The van der Waals surface area contributed by atoms with Crippen LogP contribution in [-0.2, 0) is 5.41 Å². The average molecular weight is 933 g/mol. The molecule has 0 unspecified atom stereocenters. The molecule has 346 valence electrons. The number of hydrogen-bond acceptors (Lipinski definition) is 2. The van der Waals surface area contributed by atoms with Crippen molar-refractivity contribution in [3.63, 3.8) is 0 Å². The highest BCUT2D eigenvalue weighted by atomic mass is 15.1. The van der Waals surface area contributed by atoms with E-state index < -0.39 is 0 Å². The largest absolute Gasteiger partial charge is 0.310 e. The molecule has 0 heterocycles. The molecule has 2 heteroatoms. The fourth-order valence-electron chi connectivity index (χ4n) is 11.2. The molecule has 73 heavy (non-hydrogen) atoms. The Kier molecular flexibility index (Phi) is 10.9. The lowest BCUT2D eigenvalue weighted by molar-refractivity contribution is 0.660. The Hall–Kier alpha value is -9.24. The third-order valence-corrected chi connectivity index (χ3v) is 15.1. The van der Waals surface area contributed by atoms with Crippen LogP contribution in [0.3, 0.4) is 0 Å². The lowest BCUT2D eigenvalue weighted by atomic mass is 9.82. The summed E-state index contributed by atoms with van der Waals surface area (Å²) in [6, 6.07) is 102. The molecule has 0 bridgehead atoms. The predicted octanol–water partition coefficient (Wildman–Crippen LogP) is 19.9. The summed E-state index contributed by atoms with van der Waals surface area (Å²) >= 11 is 0. The first-order valence-electron chi connectivity index (χ1n) is 25.3. The van der Waals surface area contributed by atoms with E-state index in [0.29, 0.717) is 0 Å². The van der Waals surface area contributed by atoms with Gasteiger partial charge in [0.05, 0.1) is 5.69 Å². The third-order valence-electron chi connectivity index (χ3n) is 15.1. The van der Waals surface area contributed by atoms with Crippen LogP contribution < -0.4 is 9.80 Å². The standard InChI is InChI=1S/C71H52N2/c1-71(2)68-47-61(72(58-36-30-54(31-37-58)50-18-8-4-9-19-50)59-38-32-55(33-39-59)51-20-10-5-11-21-51)42-44-65(68)66-45-43-62(48-69(66)71)73(70-46-57-22-12-13-23-63(57)64-24-14-15-25-67(64)70)60-40-34-56(35-41-60)53-28-26-52(27-29-53)49-16-6-3-7-17-49/h3-48H,1-2H3. The monoisotopic (exact) mass is 932 g/mol. The minimum absolute atomic E-state index is 0.302. The molecule has 0 saturated heterocycles. The normalized spacial score (nSPS) is 12.4.